The van der Waals surface area contributed by atoms with Crippen molar-refractivity contribution >= 4 is 28.2 Å². The summed E-state index contributed by atoms with van der Waals surface area (Å²) in [6.45, 7) is 0. The number of esters is 1. The number of carbonyl (C=O) groups is 1. The minimum atomic E-state index is -0.686. The van der Waals surface area contributed by atoms with Gasteiger partial charge in [0.2, 0.25) is 0 Å². The molecule has 0 amide bonds. The van der Waals surface area contributed by atoms with Gasteiger partial charge in [-0.15, -0.1) is 11.3 Å². The van der Waals surface area contributed by atoms with Gasteiger partial charge in [-0.25, -0.2) is 19.2 Å². The van der Waals surface area contributed by atoms with Crippen molar-refractivity contribution in [1.29, 1.82) is 0 Å². The first kappa shape index (κ1) is 17.0. The molecule has 0 atom stereocenters. The van der Waals surface area contributed by atoms with Crippen molar-refractivity contribution < 1.29 is 13.9 Å². The van der Waals surface area contributed by atoms with Crippen LogP contribution in [0.25, 0.3) is 21.5 Å². The summed E-state index contributed by atoms with van der Waals surface area (Å²) in [5.41, 5.74) is 0.654. The number of aryl methyl sites for hydroxylation is 1. The van der Waals surface area contributed by atoms with E-state index in [9.17, 15) is 14.0 Å². The smallest absolute Gasteiger partial charge is 0.363 e. The molecule has 2 aromatic heterocycles. The third-order valence-electron chi connectivity index (χ3n) is 3.92. The highest BCUT2D eigenvalue weighted by atomic mass is 32.1. The molecule has 0 unspecified atom stereocenters. The summed E-state index contributed by atoms with van der Waals surface area (Å²) in [5, 5.41) is 2.23. The Balaban J connectivity index is 1.61. The summed E-state index contributed by atoms with van der Waals surface area (Å²) in [5.74, 6) is -0.892. The van der Waals surface area contributed by atoms with Gasteiger partial charge in [-0.1, -0.05) is 12.1 Å². The number of nitrogens with zero attached hydrogens (tertiary/aromatic N) is 3. The molecule has 2 heterocycles. The van der Waals surface area contributed by atoms with Crippen LogP contribution in [0.5, 0.6) is 5.75 Å². The fraction of sp³-hybridized carbons (Fsp3) is 0.0526. The second kappa shape index (κ2) is 6.73. The van der Waals surface area contributed by atoms with E-state index in [4.69, 9.17) is 4.74 Å². The van der Waals surface area contributed by atoms with E-state index in [0.29, 0.717) is 21.5 Å². The summed E-state index contributed by atoms with van der Waals surface area (Å²) in [4.78, 5) is 32.8. The van der Waals surface area contributed by atoms with Gasteiger partial charge < -0.3 is 9.30 Å². The number of ether oxygens (including phenoxy) is 1. The van der Waals surface area contributed by atoms with Crippen LogP contribution in [-0.4, -0.2) is 20.5 Å². The number of fused-ring (bicyclic) bond motifs is 1. The fourth-order valence-electron chi connectivity index (χ4n) is 2.54. The maximum absolute atomic E-state index is 13.9. The van der Waals surface area contributed by atoms with Gasteiger partial charge in [0.25, 0.3) is 5.56 Å². The van der Waals surface area contributed by atoms with Gasteiger partial charge in [0.05, 0.1) is 17.2 Å². The predicted molar refractivity (Wildman–Crippen MR) is 99.5 cm³/mol. The van der Waals surface area contributed by atoms with E-state index >= 15 is 0 Å². The van der Waals surface area contributed by atoms with Crippen LogP contribution in [0.4, 0.5) is 4.39 Å². The molecule has 134 valence electrons. The maximum atomic E-state index is 13.9. The number of aromatic nitrogens is 3. The van der Waals surface area contributed by atoms with Gasteiger partial charge in [0.1, 0.15) is 16.6 Å². The Morgan fingerprint density at radius 2 is 2.04 bits per heavy atom. The first-order chi connectivity index (χ1) is 13.0. The van der Waals surface area contributed by atoms with Crippen molar-refractivity contribution in [1.82, 2.24) is 14.5 Å². The Labute approximate surface area is 156 Å². The van der Waals surface area contributed by atoms with Gasteiger partial charge in [0.15, 0.2) is 5.69 Å². The van der Waals surface area contributed by atoms with E-state index in [-0.39, 0.29) is 17.0 Å². The second-order valence-corrected chi connectivity index (χ2v) is 6.60. The average molecular weight is 381 g/mol. The standard InChI is InChI=1S/C19H12FN3O3S/c1-23-10-21-15-7-6-11(8-13(15)18(23)24)26-19(25)16-9-27-17(22-16)12-4-2-3-5-14(12)20/h2-10H,1H3. The maximum Gasteiger partial charge on any atom is 0.363 e. The van der Waals surface area contributed by atoms with E-state index in [1.165, 1.54) is 28.4 Å². The SMILES string of the molecule is Cn1cnc2ccc(OC(=O)c3csc(-c4ccccc4F)n3)cc2c1=O. The summed E-state index contributed by atoms with van der Waals surface area (Å²) >= 11 is 1.15. The summed E-state index contributed by atoms with van der Waals surface area (Å²) in [7, 11) is 1.59. The Morgan fingerprint density at radius 1 is 1.22 bits per heavy atom. The molecule has 6 nitrogen and oxygen atoms in total. The third-order valence-corrected chi connectivity index (χ3v) is 4.79. The van der Waals surface area contributed by atoms with Crippen molar-refractivity contribution in [3.05, 3.63) is 76.0 Å². The van der Waals surface area contributed by atoms with Crippen molar-refractivity contribution in [2.45, 2.75) is 0 Å². The molecule has 0 aliphatic heterocycles. The zero-order valence-corrected chi connectivity index (χ0v) is 14.9. The van der Waals surface area contributed by atoms with Crippen LogP contribution in [0.1, 0.15) is 10.5 Å². The summed E-state index contributed by atoms with van der Waals surface area (Å²) < 4.78 is 20.5. The molecule has 4 rings (SSSR count). The van der Waals surface area contributed by atoms with Crippen LogP contribution >= 0.6 is 11.3 Å². The zero-order chi connectivity index (χ0) is 19.0. The molecule has 0 radical (unpaired) electrons. The first-order valence-electron chi connectivity index (χ1n) is 7.91. The Kier molecular flexibility index (Phi) is 4.25. The van der Waals surface area contributed by atoms with E-state index in [1.807, 2.05) is 0 Å². The van der Waals surface area contributed by atoms with E-state index in [0.717, 1.165) is 11.3 Å². The van der Waals surface area contributed by atoms with Crippen LogP contribution in [0.15, 0.2) is 59.0 Å². The molecule has 2 aromatic carbocycles. The Bertz CT molecular complexity index is 1230. The fourth-order valence-corrected chi connectivity index (χ4v) is 3.35. The molecule has 0 spiro atoms. The largest absolute Gasteiger partial charge is 0.422 e. The van der Waals surface area contributed by atoms with Gasteiger partial charge in [-0.3, -0.25) is 4.79 Å². The number of halogens is 1. The van der Waals surface area contributed by atoms with Gasteiger partial charge >= 0.3 is 5.97 Å². The number of hydrogen-bond acceptors (Lipinski definition) is 6. The molecular weight excluding hydrogens is 369 g/mol. The molecule has 0 aliphatic carbocycles. The molecule has 0 aliphatic rings. The van der Waals surface area contributed by atoms with Crippen molar-refractivity contribution in [3.63, 3.8) is 0 Å². The van der Waals surface area contributed by atoms with Crippen LogP contribution in [0.2, 0.25) is 0 Å². The second-order valence-electron chi connectivity index (χ2n) is 5.75. The molecule has 0 fully saturated rings. The van der Waals surface area contributed by atoms with E-state index < -0.39 is 11.8 Å². The number of rotatable bonds is 3. The molecule has 0 saturated heterocycles. The molecule has 8 heteroatoms. The van der Waals surface area contributed by atoms with E-state index in [1.54, 1.807) is 37.4 Å². The monoisotopic (exact) mass is 381 g/mol. The van der Waals surface area contributed by atoms with Gasteiger partial charge in [-0.05, 0) is 30.3 Å². The molecule has 0 bridgehead atoms. The van der Waals surface area contributed by atoms with Gasteiger partial charge in [0, 0.05) is 18.0 Å². The lowest BCUT2D eigenvalue weighted by atomic mass is 10.2. The predicted octanol–water partition coefficient (Wildman–Crippen LogP) is 3.42. The Morgan fingerprint density at radius 3 is 2.85 bits per heavy atom. The van der Waals surface area contributed by atoms with Crippen molar-refractivity contribution in [3.8, 4) is 16.3 Å². The molecular formula is C19H12FN3O3S. The van der Waals surface area contributed by atoms with Crippen LogP contribution in [-0.2, 0) is 7.05 Å². The lowest BCUT2D eigenvalue weighted by molar-refractivity contribution is 0.0729. The number of benzene rings is 2. The highest BCUT2D eigenvalue weighted by Crippen LogP contribution is 2.27. The summed E-state index contributed by atoms with van der Waals surface area (Å²) in [6, 6.07) is 10.8. The Hall–Kier alpha value is -3.39. The first-order valence-corrected chi connectivity index (χ1v) is 8.79. The van der Waals surface area contributed by atoms with Crippen LogP contribution in [0, 0.1) is 5.82 Å². The lowest BCUT2D eigenvalue weighted by Crippen LogP contribution is -2.17. The minimum absolute atomic E-state index is 0.0671. The topological polar surface area (TPSA) is 74.1 Å². The quantitative estimate of drug-likeness (QED) is 0.402. The van der Waals surface area contributed by atoms with Crippen LogP contribution < -0.4 is 10.3 Å². The van der Waals surface area contributed by atoms with Gasteiger partial charge in [-0.2, -0.15) is 0 Å². The number of hydrogen-bond donors (Lipinski definition) is 0. The molecule has 0 N–H and O–H groups in total. The highest BCUT2D eigenvalue weighted by Gasteiger charge is 2.16. The number of carbonyl (C=O) groups excluding carboxylic acids is 1. The highest BCUT2D eigenvalue weighted by molar-refractivity contribution is 7.13. The average Bonchev–Trinajstić information content (AvgIpc) is 3.15. The number of thiazole rings is 1. The summed E-state index contributed by atoms with van der Waals surface area (Å²) in [6.07, 6.45) is 1.43. The molecule has 0 saturated carbocycles. The van der Waals surface area contributed by atoms with E-state index in [2.05, 4.69) is 9.97 Å². The van der Waals surface area contributed by atoms with Crippen molar-refractivity contribution in [2.24, 2.45) is 7.05 Å². The lowest BCUT2D eigenvalue weighted by Gasteiger charge is -2.05. The zero-order valence-electron chi connectivity index (χ0n) is 14.0. The molecule has 27 heavy (non-hydrogen) atoms. The van der Waals surface area contributed by atoms with Crippen molar-refractivity contribution in [2.75, 3.05) is 0 Å². The molecule has 4 aromatic rings. The normalized spacial score (nSPS) is 10.9. The third kappa shape index (κ3) is 3.22. The van der Waals surface area contributed by atoms with Crippen LogP contribution in [0.3, 0.4) is 0 Å². The minimum Gasteiger partial charge on any atom is -0.422 e.